The Kier molecular flexibility index (Phi) is 2.41. The van der Waals surface area contributed by atoms with Crippen molar-refractivity contribution in [3.05, 3.63) is 22.1 Å². The van der Waals surface area contributed by atoms with Crippen molar-refractivity contribution in [1.29, 1.82) is 0 Å². The Labute approximate surface area is 74.3 Å². The van der Waals surface area contributed by atoms with E-state index in [9.17, 15) is 14.9 Å². The van der Waals surface area contributed by atoms with E-state index in [2.05, 4.69) is 4.98 Å². The number of nitro groups is 1. The lowest BCUT2D eigenvalue weighted by atomic mass is 10.4. The van der Waals surface area contributed by atoms with E-state index in [4.69, 9.17) is 0 Å². The third-order valence-electron chi connectivity index (χ3n) is 1.54. The minimum absolute atomic E-state index is 0.0598. The highest BCUT2D eigenvalue weighted by Crippen LogP contribution is 2.09. The summed E-state index contributed by atoms with van der Waals surface area (Å²) in [5, 5.41) is 10.3. The maximum Gasteiger partial charge on any atom is 0.381 e. The monoisotopic (exact) mass is 183 g/mol. The Morgan fingerprint density at radius 1 is 1.77 bits per heavy atom. The second-order valence-electron chi connectivity index (χ2n) is 2.73. The number of aromatic nitrogens is 2. The number of hydrogen-bond acceptors (Lipinski definition) is 4. The van der Waals surface area contributed by atoms with Crippen LogP contribution in [0.2, 0.25) is 0 Å². The molecule has 6 heteroatoms. The van der Waals surface area contributed by atoms with Gasteiger partial charge in [0.25, 0.3) is 0 Å². The summed E-state index contributed by atoms with van der Waals surface area (Å²) in [5.41, 5.74) is 0. The maximum atomic E-state index is 10.7. The number of hydrogen-bond donors (Lipinski definition) is 0. The first-order valence-corrected chi connectivity index (χ1v) is 3.68. The molecular formula is C7H9N3O3. The molecule has 1 rings (SSSR count). The molecule has 0 amide bonds. The van der Waals surface area contributed by atoms with Crippen LogP contribution in [0.3, 0.4) is 0 Å². The van der Waals surface area contributed by atoms with Crippen molar-refractivity contribution >= 4 is 11.6 Å². The van der Waals surface area contributed by atoms with E-state index in [1.165, 1.54) is 17.7 Å². The number of nitrogens with zero attached hydrogens (tertiary/aromatic N) is 3. The highest BCUT2D eigenvalue weighted by atomic mass is 16.6. The average Bonchev–Trinajstić information content (AvgIpc) is 2.31. The van der Waals surface area contributed by atoms with Gasteiger partial charge < -0.3 is 14.7 Å². The van der Waals surface area contributed by atoms with Gasteiger partial charge in [-0.3, -0.25) is 4.79 Å². The van der Waals surface area contributed by atoms with Crippen molar-refractivity contribution in [2.45, 2.75) is 20.4 Å². The number of carbonyl (C=O) groups is 1. The largest absolute Gasteiger partial charge is 0.381 e. The number of aryl methyl sites for hydroxylation is 1. The quantitative estimate of drug-likeness (QED) is 0.510. The second kappa shape index (κ2) is 3.34. The molecule has 1 aromatic heterocycles. The molecule has 0 fully saturated rings. The topological polar surface area (TPSA) is 78.0 Å². The van der Waals surface area contributed by atoms with Crippen molar-refractivity contribution < 1.29 is 9.72 Å². The first kappa shape index (κ1) is 9.37. The highest BCUT2D eigenvalue weighted by molar-refractivity contribution is 5.75. The van der Waals surface area contributed by atoms with Crippen molar-refractivity contribution in [2.24, 2.45) is 0 Å². The zero-order valence-electron chi connectivity index (χ0n) is 7.35. The third-order valence-corrected chi connectivity index (χ3v) is 1.54. The molecule has 6 nitrogen and oxygen atoms in total. The number of carbonyl (C=O) groups excluding carboxylic acids is 1. The van der Waals surface area contributed by atoms with Crippen LogP contribution in [0.15, 0.2) is 6.20 Å². The summed E-state index contributed by atoms with van der Waals surface area (Å²) in [6.45, 7) is 3.17. The summed E-state index contributed by atoms with van der Waals surface area (Å²) < 4.78 is 1.46. The molecule has 70 valence electrons. The summed E-state index contributed by atoms with van der Waals surface area (Å²) in [6, 6.07) is 0. The summed E-state index contributed by atoms with van der Waals surface area (Å²) in [6.07, 6.45) is 1.26. The van der Waals surface area contributed by atoms with Gasteiger partial charge in [-0.15, -0.1) is 0 Å². The Morgan fingerprint density at radius 2 is 2.38 bits per heavy atom. The van der Waals surface area contributed by atoms with E-state index < -0.39 is 4.92 Å². The SMILES string of the molecule is CC(=O)Cn1cc([N+](=O)[O-])nc1C. The van der Waals surface area contributed by atoms with Crippen LogP contribution in [0.5, 0.6) is 0 Å². The summed E-state index contributed by atoms with van der Waals surface area (Å²) >= 11 is 0. The highest BCUT2D eigenvalue weighted by Gasteiger charge is 2.15. The molecule has 1 aromatic rings. The summed E-state index contributed by atoms with van der Waals surface area (Å²) in [7, 11) is 0. The van der Waals surface area contributed by atoms with Crippen molar-refractivity contribution in [2.75, 3.05) is 0 Å². The van der Waals surface area contributed by atoms with Crippen LogP contribution in [0.1, 0.15) is 12.7 Å². The van der Waals surface area contributed by atoms with Crippen LogP contribution >= 0.6 is 0 Å². The molecule has 0 radical (unpaired) electrons. The molecule has 0 atom stereocenters. The van der Waals surface area contributed by atoms with E-state index in [1.807, 2.05) is 0 Å². The van der Waals surface area contributed by atoms with Gasteiger partial charge in [-0.05, 0) is 16.8 Å². The smallest absolute Gasteiger partial charge is 0.358 e. The molecule has 0 bridgehead atoms. The molecule has 0 aliphatic heterocycles. The zero-order valence-corrected chi connectivity index (χ0v) is 7.35. The Balaban J connectivity index is 2.96. The average molecular weight is 183 g/mol. The lowest BCUT2D eigenvalue weighted by Crippen LogP contribution is -2.06. The summed E-state index contributed by atoms with van der Waals surface area (Å²) in [4.78, 5) is 24.1. The minimum Gasteiger partial charge on any atom is -0.358 e. The predicted molar refractivity (Wildman–Crippen MR) is 44.3 cm³/mol. The van der Waals surface area contributed by atoms with Gasteiger partial charge in [0.05, 0.1) is 6.54 Å². The molecule has 0 spiro atoms. The Hall–Kier alpha value is -1.72. The molecular weight excluding hydrogens is 174 g/mol. The van der Waals surface area contributed by atoms with Gasteiger partial charge in [-0.1, -0.05) is 0 Å². The standard InChI is InChI=1S/C7H9N3O3/c1-5(11)3-9-4-7(10(12)13)8-6(9)2/h4H,3H2,1-2H3. The Morgan fingerprint density at radius 3 is 2.77 bits per heavy atom. The van der Waals surface area contributed by atoms with Crippen LogP contribution in [0.25, 0.3) is 0 Å². The number of imidazole rings is 1. The number of ketones is 1. The van der Waals surface area contributed by atoms with Crippen LogP contribution in [0, 0.1) is 17.0 Å². The fraction of sp³-hybridized carbons (Fsp3) is 0.429. The molecule has 13 heavy (non-hydrogen) atoms. The molecule has 0 aromatic carbocycles. The third kappa shape index (κ3) is 2.11. The molecule has 1 heterocycles. The van der Waals surface area contributed by atoms with E-state index in [1.54, 1.807) is 6.92 Å². The zero-order chi connectivity index (χ0) is 10.0. The van der Waals surface area contributed by atoms with Gasteiger partial charge in [-0.25, -0.2) is 0 Å². The number of Topliss-reactive ketones (excluding diaryl/α,β-unsaturated/α-hetero) is 1. The van der Waals surface area contributed by atoms with Gasteiger partial charge in [0.15, 0.2) is 0 Å². The molecule has 0 unspecified atom stereocenters. The van der Waals surface area contributed by atoms with Crippen LogP contribution in [-0.4, -0.2) is 20.3 Å². The minimum atomic E-state index is -0.580. The molecule has 0 saturated carbocycles. The van der Waals surface area contributed by atoms with Crippen LogP contribution in [0.4, 0.5) is 5.82 Å². The lowest BCUT2D eigenvalue weighted by molar-refractivity contribution is -0.389. The van der Waals surface area contributed by atoms with Crippen molar-refractivity contribution in [3.63, 3.8) is 0 Å². The second-order valence-corrected chi connectivity index (χ2v) is 2.73. The van der Waals surface area contributed by atoms with E-state index >= 15 is 0 Å². The fourth-order valence-electron chi connectivity index (χ4n) is 0.980. The summed E-state index contributed by atoms with van der Waals surface area (Å²) in [5.74, 6) is 0.191. The fourth-order valence-corrected chi connectivity index (χ4v) is 0.980. The lowest BCUT2D eigenvalue weighted by Gasteiger charge is -1.95. The van der Waals surface area contributed by atoms with Gasteiger partial charge in [-0.2, -0.15) is 0 Å². The van der Waals surface area contributed by atoms with Gasteiger partial charge >= 0.3 is 5.82 Å². The van der Waals surface area contributed by atoms with Crippen molar-refractivity contribution in [1.82, 2.24) is 9.55 Å². The van der Waals surface area contributed by atoms with Crippen LogP contribution in [-0.2, 0) is 11.3 Å². The van der Waals surface area contributed by atoms with Gasteiger partial charge in [0.1, 0.15) is 12.0 Å². The Bertz CT molecular complexity index is 356. The molecule has 0 aliphatic carbocycles. The van der Waals surface area contributed by atoms with E-state index in [0.717, 1.165) is 0 Å². The van der Waals surface area contributed by atoms with E-state index in [-0.39, 0.29) is 18.1 Å². The van der Waals surface area contributed by atoms with Gasteiger partial charge in [0, 0.05) is 6.92 Å². The first-order valence-electron chi connectivity index (χ1n) is 3.68. The predicted octanol–water partition coefficient (Wildman–Crippen LogP) is 0.689. The maximum absolute atomic E-state index is 10.7. The molecule has 0 N–H and O–H groups in total. The van der Waals surface area contributed by atoms with Crippen molar-refractivity contribution in [3.8, 4) is 0 Å². The molecule has 0 saturated heterocycles. The van der Waals surface area contributed by atoms with E-state index in [0.29, 0.717) is 5.82 Å². The first-order chi connectivity index (χ1) is 6.00. The number of rotatable bonds is 3. The van der Waals surface area contributed by atoms with Gasteiger partial charge in [0.2, 0.25) is 5.82 Å². The normalized spacial score (nSPS) is 10.0. The van der Waals surface area contributed by atoms with Crippen LogP contribution < -0.4 is 0 Å². The molecule has 0 aliphatic rings.